The standard InChI is InChI=1S/C16H15Cl3N2O/c1-3-9-5-6-11(17)10(4-2)14(9)21-16(22)15-12(18)7-8-13(19)20-15/h5-8H,3-4H2,1-2H3,(H,21,22). The number of rotatable bonds is 4. The summed E-state index contributed by atoms with van der Waals surface area (Å²) in [5.41, 5.74) is 2.72. The Morgan fingerprint density at radius 2 is 1.73 bits per heavy atom. The van der Waals surface area contributed by atoms with Crippen LogP contribution in [-0.4, -0.2) is 10.9 Å². The zero-order valence-electron chi connectivity index (χ0n) is 12.2. The summed E-state index contributed by atoms with van der Waals surface area (Å²) in [4.78, 5) is 16.5. The van der Waals surface area contributed by atoms with Crippen molar-refractivity contribution in [3.8, 4) is 0 Å². The third-order valence-electron chi connectivity index (χ3n) is 3.34. The molecule has 0 unspecified atom stereocenters. The van der Waals surface area contributed by atoms with E-state index in [4.69, 9.17) is 34.8 Å². The van der Waals surface area contributed by atoms with Crippen LogP contribution in [0.4, 0.5) is 5.69 Å². The molecule has 116 valence electrons. The van der Waals surface area contributed by atoms with Gasteiger partial charge in [-0.1, -0.05) is 54.7 Å². The third kappa shape index (κ3) is 3.54. The minimum absolute atomic E-state index is 0.0956. The Morgan fingerprint density at radius 1 is 1.05 bits per heavy atom. The highest BCUT2D eigenvalue weighted by atomic mass is 35.5. The van der Waals surface area contributed by atoms with E-state index < -0.39 is 5.91 Å². The topological polar surface area (TPSA) is 42.0 Å². The van der Waals surface area contributed by atoms with Crippen molar-refractivity contribution in [2.24, 2.45) is 0 Å². The summed E-state index contributed by atoms with van der Waals surface area (Å²) in [6.07, 6.45) is 1.48. The van der Waals surface area contributed by atoms with Crippen LogP contribution in [0.3, 0.4) is 0 Å². The predicted octanol–water partition coefficient (Wildman–Crippen LogP) is 5.42. The normalized spacial score (nSPS) is 10.6. The van der Waals surface area contributed by atoms with E-state index in [1.807, 2.05) is 26.0 Å². The zero-order valence-corrected chi connectivity index (χ0v) is 14.5. The fourth-order valence-corrected chi connectivity index (χ4v) is 2.85. The molecule has 6 heteroatoms. The highest BCUT2D eigenvalue weighted by Crippen LogP contribution is 2.30. The van der Waals surface area contributed by atoms with Crippen LogP contribution in [0.2, 0.25) is 15.2 Å². The second-order valence-corrected chi connectivity index (χ2v) is 5.89. The van der Waals surface area contributed by atoms with Gasteiger partial charge in [-0.25, -0.2) is 4.98 Å². The number of aryl methyl sites for hydroxylation is 1. The van der Waals surface area contributed by atoms with E-state index in [1.54, 1.807) is 6.07 Å². The van der Waals surface area contributed by atoms with E-state index in [1.165, 1.54) is 6.07 Å². The molecule has 0 fully saturated rings. The second-order valence-electron chi connectivity index (χ2n) is 4.69. The molecule has 0 atom stereocenters. The molecule has 2 aromatic rings. The predicted molar refractivity (Wildman–Crippen MR) is 92.4 cm³/mol. The third-order valence-corrected chi connectivity index (χ3v) is 4.21. The quantitative estimate of drug-likeness (QED) is 0.742. The number of nitrogens with one attached hydrogen (secondary N) is 1. The van der Waals surface area contributed by atoms with Gasteiger partial charge in [-0.05, 0) is 42.2 Å². The molecule has 1 aromatic carbocycles. The Balaban J connectivity index is 2.44. The SMILES string of the molecule is CCc1ccc(Cl)c(CC)c1NC(=O)c1nc(Cl)ccc1Cl. The van der Waals surface area contributed by atoms with Crippen molar-refractivity contribution in [2.45, 2.75) is 26.7 Å². The summed E-state index contributed by atoms with van der Waals surface area (Å²) in [5, 5.41) is 3.97. The number of carbonyl (C=O) groups is 1. The minimum atomic E-state index is -0.404. The molecule has 1 heterocycles. The lowest BCUT2D eigenvalue weighted by molar-refractivity contribution is 0.102. The average Bonchev–Trinajstić information content (AvgIpc) is 2.50. The van der Waals surface area contributed by atoms with Gasteiger partial charge < -0.3 is 5.32 Å². The number of halogens is 3. The number of hydrogen-bond acceptors (Lipinski definition) is 2. The molecule has 0 aliphatic rings. The monoisotopic (exact) mass is 356 g/mol. The number of amides is 1. The first-order valence-electron chi connectivity index (χ1n) is 6.91. The molecule has 1 amide bonds. The van der Waals surface area contributed by atoms with E-state index in [2.05, 4.69) is 10.3 Å². The van der Waals surface area contributed by atoms with Gasteiger partial charge in [-0.15, -0.1) is 0 Å². The Labute approximate surface area is 144 Å². The van der Waals surface area contributed by atoms with Gasteiger partial charge in [0.1, 0.15) is 10.8 Å². The number of pyridine rings is 1. The number of anilines is 1. The Bertz CT molecular complexity index is 717. The second kappa shape index (κ2) is 7.32. The van der Waals surface area contributed by atoms with Crippen molar-refractivity contribution in [1.29, 1.82) is 0 Å². The van der Waals surface area contributed by atoms with Crippen molar-refractivity contribution in [3.05, 3.63) is 56.3 Å². The van der Waals surface area contributed by atoms with E-state index in [0.717, 1.165) is 23.2 Å². The van der Waals surface area contributed by atoms with Crippen molar-refractivity contribution >= 4 is 46.4 Å². The molecule has 2 rings (SSSR count). The maximum absolute atomic E-state index is 12.5. The molecule has 0 bridgehead atoms. The van der Waals surface area contributed by atoms with E-state index >= 15 is 0 Å². The van der Waals surface area contributed by atoms with Crippen LogP contribution in [0.15, 0.2) is 24.3 Å². The fraction of sp³-hybridized carbons (Fsp3) is 0.250. The van der Waals surface area contributed by atoms with E-state index in [-0.39, 0.29) is 15.9 Å². The Hall–Kier alpha value is -1.29. The molecular weight excluding hydrogens is 343 g/mol. The van der Waals surface area contributed by atoms with Crippen molar-refractivity contribution < 1.29 is 4.79 Å². The van der Waals surface area contributed by atoms with Gasteiger partial charge in [0.05, 0.1) is 5.02 Å². The summed E-state index contributed by atoms with van der Waals surface area (Å²) >= 11 is 18.1. The number of carbonyl (C=O) groups excluding carboxylic acids is 1. The number of hydrogen-bond donors (Lipinski definition) is 1. The first-order chi connectivity index (χ1) is 10.5. The molecule has 0 saturated carbocycles. The van der Waals surface area contributed by atoms with Crippen LogP contribution in [0.1, 0.15) is 35.5 Å². The number of benzene rings is 1. The minimum Gasteiger partial charge on any atom is -0.320 e. The van der Waals surface area contributed by atoms with Gasteiger partial charge in [0, 0.05) is 10.7 Å². The van der Waals surface area contributed by atoms with Crippen LogP contribution in [0.25, 0.3) is 0 Å². The van der Waals surface area contributed by atoms with Gasteiger partial charge in [0.2, 0.25) is 0 Å². The summed E-state index contributed by atoms with van der Waals surface area (Å²) in [5.74, 6) is -0.404. The Kier molecular flexibility index (Phi) is 5.68. The Morgan fingerprint density at radius 3 is 2.36 bits per heavy atom. The molecule has 1 N–H and O–H groups in total. The molecule has 0 spiro atoms. The lowest BCUT2D eigenvalue weighted by atomic mass is 10.0. The lowest BCUT2D eigenvalue weighted by Gasteiger charge is -2.16. The molecule has 22 heavy (non-hydrogen) atoms. The summed E-state index contributed by atoms with van der Waals surface area (Å²) in [6, 6.07) is 6.84. The van der Waals surface area contributed by atoms with Crippen molar-refractivity contribution in [1.82, 2.24) is 4.98 Å². The van der Waals surface area contributed by atoms with E-state index in [0.29, 0.717) is 11.4 Å². The largest absolute Gasteiger partial charge is 0.320 e. The smallest absolute Gasteiger partial charge is 0.275 e. The molecule has 0 aliphatic carbocycles. The maximum Gasteiger partial charge on any atom is 0.275 e. The number of aromatic nitrogens is 1. The molecule has 0 radical (unpaired) electrons. The summed E-state index contributed by atoms with van der Waals surface area (Å²) < 4.78 is 0. The molecule has 0 aliphatic heterocycles. The highest BCUT2D eigenvalue weighted by molar-refractivity contribution is 6.35. The van der Waals surface area contributed by atoms with Crippen LogP contribution >= 0.6 is 34.8 Å². The van der Waals surface area contributed by atoms with Gasteiger partial charge >= 0.3 is 0 Å². The molecule has 3 nitrogen and oxygen atoms in total. The maximum atomic E-state index is 12.5. The van der Waals surface area contributed by atoms with Gasteiger partial charge in [-0.3, -0.25) is 4.79 Å². The summed E-state index contributed by atoms with van der Waals surface area (Å²) in [6.45, 7) is 4.00. The average molecular weight is 358 g/mol. The van der Waals surface area contributed by atoms with Crippen molar-refractivity contribution in [3.63, 3.8) is 0 Å². The van der Waals surface area contributed by atoms with Gasteiger partial charge in [-0.2, -0.15) is 0 Å². The van der Waals surface area contributed by atoms with Gasteiger partial charge in [0.15, 0.2) is 0 Å². The highest BCUT2D eigenvalue weighted by Gasteiger charge is 2.17. The van der Waals surface area contributed by atoms with Crippen LogP contribution in [0.5, 0.6) is 0 Å². The lowest BCUT2D eigenvalue weighted by Crippen LogP contribution is -2.17. The van der Waals surface area contributed by atoms with Crippen molar-refractivity contribution in [2.75, 3.05) is 5.32 Å². The summed E-state index contributed by atoms with van der Waals surface area (Å²) in [7, 11) is 0. The first-order valence-corrected chi connectivity index (χ1v) is 8.04. The molecule has 0 saturated heterocycles. The van der Waals surface area contributed by atoms with Crippen LogP contribution in [-0.2, 0) is 12.8 Å². The van der Waals surface area contributed by atoms with Crippen LogP contribution in [0, 0.1) is 0 Å². The van der Waals surface area contributed by atoms with Gasteiger partial charge in [0.25, 0.3) is 5.91 Å². The van der Waals surface area contributed by atoms with Crippen LogP contribution < -0.4 is 5.32 Å². The first kappa shape index (κ1) is 17.1. The number of nitrogens with zero attached hydrogens (tertiary/aromatic N) is 1. The zero-order chi connectivity index (χ0) is 16.3. The van der Waals surface area contributed by atoms with E-state index in [9.17, 15) is 4.79 Å². The molecule has 1 aromatic heterocycles. The fourth-order valence-electron chi connectivity index (χ4n) is 2.22. The molecular formula is C16H15Cl3N2O.